The van der Waals surface area contributed by atoms with E-state index in [1.54, 1.807) is 43.5 Å². The fraction of sp³-hybridized carbons (Fsp3) is 0.419. The Bertz CT molecular complexity index is 1330. The number of rotatable bonds is 11. The number of methoxy groups -OCH3 is 2. The Morgan fingerprint density at radius 3 is 2.44 bits per heavy atom. The monoisotopic (exact) mass is 539 g/mol. The summed E-state index contributed by atoms with van der Waals surface area (Å²) in [4.78, 5) is 15.3. The van der Waals surface area contributed by atoms with E-state index in [1.165, 1.54) is 7.11 Å². The van der Waals surface area contributed by atoms with Crippen molar-refractivity contribution >= 4 is 5.97 Å². The molecule has 0 saturated heterocycles. The lowest BCUT2D eigenvalue weighted by atomic mass is 9.81. The summed E-state index contributed by atoms with van der Waals surface area (Å²) in [6, 6.07) is 11.9. The molecule has 6 nitrogen and oxygen atoms in total. The number of carboxylic acid groups (broad SMARTS) is 1. The van der Waals surface area contributed by atoms with Gasteiger partial charge in [0.1, 0.15) is 12.4 Å². The van der Waals surface area contributed by atoms with Gasteiger partial charge in [0.15, 0.2) is 11.6 Å². The maximum Gasteiger partial charge on any atom is 0.303 e. The van der Waals surface area contributed by atoms with E-state index in [0.29, 0.717) is 16.7 Å². The number of pyridine rings is 1. The number of hydrogen-bond donors (Lipinski definition) is 1. The first-order valence-electron chi connectivity index (χ1n) is 13.0. The van der Waals surface area contributed by atoms with E-state index < -0.39 is 17.6 Å². The topological polar surface area (TPSA) is 77.9 Å². The first kappa shape index (κ1) is 28.5. The Morgan fingerprint density at radius 1 is 1.08 bits per heavy atom. The number of ether oxygens (including phenoxy) is 3. The third-order valence-electron chi connectivity index (χ3n) is 7.12. The predicted octanol–water partition coefficient (Wildman–Crippen LogP) is 7.32. The average Bonchev–Trinajstić information content (AvgIpc) is 3.72. The van der Waals surface area contributed by atoms with E-state index in [4.69, 9.17) is 14.2 Å². The van der Waals surface area contributed by atoms with Crippen LogP contribution in [0, 0.1) is 23.0 Å². The second-order valence-corrected chi connectivity index (χ2v) is 11.1. The molecule has 0 bridgehead atoms. The maximum atomic E-state index is 15.5. The van der Waals surface area contributed by atoms with Crippen LogP contribution < -0.4 is 9.47 Å². The van der Waals surface area contributed by atoms with E-state index in [0.717, 1.165) is 30.2 Å². The van der Waals surface area contributed by atoms with Gasteiger partial charge in [-0.05, 0) is 58.6 Å². The van der Waals surface area contributed by atoms with Crippen LogP contribution in [0.4, 0.5) is 8.78 Å². The summed E-state index contributed by atoms with van der Waals surface area (Å²) in [5, 5.41) is 9.34. The Labute approximate surface area is 227 Å². The zero-order valence-electron chi connectivity index (χ0n) is 23.0. The van der Waals surface area contributed by atoms with E-state index >= 15 is 4.39 Å². The van der Waals surface area contributed by atoms with Crippen LogP contribution in [0.5, 0.6) is 11.6 Å². The van der Waals surface area contributed by atoms with Crippen LogP contribution in [-0.4, -0.2) is 30.3 Å². The third kappa shape index (κ3) is 6.56. The molecule has 1 aliphatic carbocycles. The standard InChI is InChI=1S/C31H35F2NO5/c1-31(2,3)30(38-5)24-13-18(9-12-20(24)23-14-27(37-4)34-16-25(23)32)17-39-26-8-6-7-21(29(26)33)22(15-28(35)36)19-10-11-19/h6-9,12-14,16,19,22,30H,10-11,15,17H2,1-5H3,(H,35,36)/t22-,30+/m0/s1. The number of nitrogens with zero attached hydrogens (tertiary/aromatic N) is 1. The summed E-state index contributed by atoms with van der Waals surface area (Å²) in [7, 11) is 3.09. The van der Waals surface area contributed by atoms with Crippen molar-refractivity contribution in [2.45, 2.75) is 58.7 Å². The van der Waals surface area contributed by atoms with E-state index in [-0.39, 0.29) is 48.0 Å². The molecule has 208 valence electrons. The number of carbonyl (C=O) groups is 1. The molecule has 39 heavy (non-hydrogen) atoms. The molecule has 1 N–H and O–H groups in total. The van der Waals surface area contributed by atoms with Gasteiger partial charge in [-0.1, -0.05) is 45.0 Å². The van der Waals surface area contributed by atoms with Crippen LogP contribution in [0.15, 0.2) is 48.7 Å². The van der Waals surface area contributed by atoms with Gasteiger partial charge in [0, 0.05) is 24.7 Å². The van der Waals surface area contributed by atoms with Crippen molar-refractivity contribution in [1.82, 2.24) is 4.98 Å². The van der Waals surface area contributed by atoms with Crippen LogP contribution >= 0.6 is 0 Å². The lowest BCUT2D eigenvalue weighted by Crippen LogP contribution is -2.21. The van der Waals surface area contributed by atoms with Gasteiger partial charge in [-0.15, -0.1) is 0 Å². The summed E-state index contributed by atoms with van der Waals surface area (Å²) in [5.41, 5.74) is 2.52. The van der Waals surface area contributed by atoms with Gasteiger partial charge >= 0.3 is 5.97 Å². The van der Waals surface area contributed by atoms with Gasteiger partial charge in [0.25, 0.3) is 0 Å². The fourth-order valence-electron chi connectivity index (χ4n) is 5.15. The lowest BCUT2D eigenvalue weighted by molar-refractivity contribution is -0.137. The Hall–Kier alpha value is -3.52. The Kier molecular flexibility index (Phi) is 8.54. The quantitative estimate of drug-likeness (QED) is 0.275. The molecule has 0 unspecified atom stereocenters. The number of halogens is 2. The summed E-state index contributed by atoms with van der Waals surface area (Å²) in [6.45, 7) is 6.16. The Balaban J connectivity index is 1.67. The van der Waals surface area contributed by atoms with Crippen molar-refractivity contribution in [3.05, 3.63) is 77.0 Å². The van der Waals surface area contributed by atoms with Crippen LogP contribution in [0.2, 0.25) is 0 Å². The van der Waals surface area contributed by atoms with Crippen molar-refractivity contribution in [3.8, 4) is 22.8 Å². The van der Waals surface area contributed by atoms with E-state index in [2.05, 4.69) is 4.98 Å². The number of aromatic nitrogens is 1. The zero-order chi connectivity index (χ0) is 28.3. The molecular formula is C31H35F2NO5. The number of benzene rings is 2. The molecule has 4 rings (SSSR count). The van der Waals surface area contributed by atoms with Crippen molar-refractivity contribution in [2.24, 2.45) is 11.3 Å². The normalized spacial score (nSPS) is 15.1. The molecule has 1 fully saturated rings. The summed E-state index contributed by atoms with van der Waals surface area (Å²) < 4.78 is 47.4. The van der Waals surface area contributed by atoms with Crippen molar-refractivity contribution in [1.29, 1.82) is 0 Å². The van der Waals surface area contributed by atoms with Gasteiger partial charge in [-0.2, -0.15) is 0 Å². The molecule has 8 heteroatoms. The van der Waals surface area contributed by atoms with Gasteiger partial charge in [0.05, 0.1) is 25.8 Å². The van der Waals surface area contributed by atoms with Gasteiger partial charge in [-0.3, -0.25) is 4.79 Å². The van der Waals surface area contributed by atoms with E-state index in [1.807, 2.05) is 26.8 Å². The van der Waals surface area contributed by atoms with Crippen molar-refractivity contribution < 1.29 is 32.9 Å². The largest absolute Gasteiger partial charge is 0.486 e. The molecule has 2 atom stereocenters. The van der Waals surface area contributed by atoms with Crippen molar-refractivity contribution in [3.63, 3.8) is 0 Å². The minimum Gasteiger partial charge on any atom is -0.486 e. The average molecular weight is 540 g/mol. The first-order valence-corrected chi connectivity index (χ1v) is 13.0. The molecular weight excluding hydrogens is 504 g/mol. The molecule has 3 aromatic rings. The minimum atomic E-state index is -0.944. The second-order valence-electron chi connectivity index (χ2n) is 11.1. The maximum absolute atomic E-state index is 15.5. The first-order chi connectivity index (χ1) is 18.5. The summed E-state index contributed by atoms with van der Waals surface area (Å²) >= 11 is 0. The molecule has 0 radical (unpaired) electrons. The van der Waals surface area contributed by atoms with Crippen LogP contribution in [0.1, 0.15) is 68.7 Å². The highest BCUT2D eigenvalue weighted by Crippen LogP contribution is 2.46. The molecule has 1 aromatic heterocycles. The van der Waals surface area contributed by atoms with E-state index in [9.17, 15) is 14.3 Å². The predicted molar refractivity (Wildman–Crippen MR) is 144 cm³/mol. The lowest BCUT2D eigenvalue weighted by Gasteiger charge is -2.32. The molecule has 0 amide bonds. The summed E-state index contributed by atoms with van der Waals surface area (Å²) in [6.07, 6.45) is 2.42. The van der Waals surface area contributed by atoms with Gasteiger partial charge in [0.2, 0.25) is 5.88 Å². The highest BCUT2D eigenvalue weighted by Gasteiger charge is 2.36. The summed E-state index contributed by atoms with van der Waals surface area (Å²) in [5.74, 6) is -1.80. The highest BCUT2D eigenvalue weighted by molar-refractivity contribution is 5.70. The SMILES string of the molecule is COc1cc(-c2ccc(COc3cccc([C@@H](CC(=O)O)C4CC4)c3F)cc2[C@@H](OC)C(C)(C)C)c(F)cn1. The molecule has 0 spiro atoms. The highest BCUT2D eigenvalue weighted by atomic mass is 19.1. The van der Waals surface area contributed by atoms with Crippen LogP contribution in [0.3, 0.4) is 0 Å². The smallest absolute Gasteiger partial charge is 0.303 e. The number of hydrogen-bond acceptors (Lipinski definition) is 5. The minimum absolute atomic E-state index is 0.0589. The fourth-order valence-corrected chi connectivity index (χ4v) is 5.15. The number of carboxylic acids is 1. The molecule has 0 aliphatic heterocycles. The Morgan fingerprint density at radius 2 is 1.82 bits per heavy atom. The van der Waals surface area contributed by atoms with Crippen LogP contribution in [0.25, 0.3) is 11.1 Å². The zero-order valence-corrected chi connectivity index (χ0v) is 23.0. The molecule has 1 saturated carbocycles. The molecule has 1 aliphatic rings. The second kappa shape index (κ2) is 11.7. The van der Waals surface area contributed by atoms with Crippen LogP contribution in [-0.2, 0) is 16.1 Å². The number of aliphatic carboxylic acids is 1. The van der Waals surface area contributed by atoms with Crippen molar-refractivity contribution in [2.75, 3.05) is 14.2 Å². The van der Waals surface area contributed by atoms with Gasteiger partial charge in [-0.25, -0.2) is 13.8 Å². The third-order valence-corrected chi connectivity index (χ3v) is 7.12. The van der Waals surface area contributed by atoms with Gasteiger partial charge < -0.3 is 19.3 Å². The molecule has 2 aromatic carbocycles. The molecule has 1 heterocycles.